The van der Waals surface area contributed by atoms with Gasteiger partial charge in [-0.2, -0.15) is 0 Å². The molecule has 0 amide bonds. The van der Waals surface area contributed by atoms with Crippen LogP contribution in [-0.2, 0) is 10.5 Å². The molecule has 2 aromatic rings. The van der Waals surface area contributed by atoms with Crippen molar-refractivity contribution in [3.63, 3.8) is 0 Å². The number of nitrogens with two attached hydrogens (primary N) is 1. The predicted molar refractivity (Wildman–Crippen MR) is 83.5 cm³/mol. The molecular weight excluding hydrogens is 316 g/mol. The molecule has 0 fully saturated rings. The first-order valence-electron chi connectivity index (χ1n) is 5.89. The number of thiazole rings is 1. The first kappa shape index (κ1) is 15.2. The predicted octanol–water partition coefficient (Wildman–Crippen LogP) is 3.85. The third kappa shape index (κ3) is 3.88. The number of esters is 1. The van der Waals surface area contributed by atoms with Crippen molar-refractivity contribution >= 4 is 46.4 Å². The number of nitrogens with zero attached hydrogens (tertiary/aromatic N) is 1. The van der Waals surface area contributed by atoms with E-state index in [1.165, 1.54) is 23.1 Å². The Bertz CT molecular complexity index is 616. The summed E-state index contributed by atoms with van der Waals surface area (Å²) in [6.07, 6.45) is 0. The fraction of sp³-hybridized carbons (Fsp3) is 0.231. The van der Waals surface area contributed by atoms with E-state index >= 15 is 0 Å². The zero-order valence-electron chi connectivity index (χ0n) is 10.8. The molecule has 4 nitrogen and oxygen atoms in total. The lowest BCUT2D eigenvalue weighted by Gasteiger charge is -2.04. The van der Waals surface area contributed by atoms with Crippen LogP contribution >= 0.6 is 34.7 Å². The number of hydrogen-bond donors (Lipinski definition) is 1. The van der Waals surface area contributed by atoms with Crippen LogP contribution < -0.4 is 5.73 Å². The van der Waals surface area contributed by atoms with E-state index in [1.807, 2.05) is 11.4 Å². The van der Waals surface area contributed by atoms with Crippen molar-refractivity contribution < 1.29 is 9.53 Å². The number of halogens is 1. The molecular formula is C13H13ClN2O2S2. The van der Waals surface area contributed by atoms with E-state index in [1.54, 1.807) is 19.1 Å². The molecule has 2 rings (SSSR count). The third-order valence-electron chi connectivity index (χ3n) is 2.35. The molecule has 0 aliphatic rings. The highest BCUT2D eigenvalue weighted by Crippen LogP contribution is 2.30. The highest BCUT2D eigenvalue weighted by Gasteiger charge is 2.12. The Morgan fingerprint density at radius 3 is 3.10 bits per heavy atom. The zero-order valence-corrected chi connectivity index (χ0v) is 13.1. The Morgan fingerprint density at radius 1 is 1.55 bits per heavy atom. The second-order valence-corrected chi connectivity index (χ2v) is 6.15. The van der Waals surface area contributed by atoms with E-state index in [2.05, 4.69) is 4.98 Å². The summed E-state index contributed by atoms with van der Waals surface area (Å²) in [6.45, 7) is 2.12. The third-order valence-corrected chi connectivity index (χ3v) is 4.56. The molecule has 0 saturated heterocycles. The number of hydrogen-bond acceptors (Lipinski definition) is 6. The van der Waals surface area contributed by atoms with Crippen LogP contribution in [-0.4, -0.2) is 17.6 Å². The number of carbonyl (C=O) groups is 1. The summed E-state index contributed by atoms with van der Waals surface area (Å²) < 4.78 is 4.90. The molecule has 20 heavy (non-hydrogen) atoms. The second kappa shape index (κ2) is 6.97. The fourth-order valence-corrected chi connectivity index (χ4v) is 3.39. The molecule has 0 bridgehead atoms. The topological polar surface area (TPSA) is 65.2 Å². The van der Waals surface area contributed by atoms with Crippen molar-refractivity contribution in [3.05, 3.63) is 39.3 Å². The van der Waals surface area contributed by atoms with Gasteiger partial charge in [0.05, 0.1) is 12.3 Å². The molecule has 1 aromatic carbocycles. The minimum Gasteiger partial charge on any atom is -0.461 e. The number of carbonyl (C=O) groups excluding carboxylic acids is 1. The van der Waals surface area contributed by atoms with E-state index < -0.39 is 0 Å². The normalized spacial score (nSPS) is 10.5. The summed E-state index contributed by atoms with van der Waals surface area (Å²) in [4.78, 5) is 16.7. The maximum absolute atomic E-state index is 11.5. The Morgan fingerprint density at radius 2 is 2.35 bits per heavy atom. The van der Waals surface area contributed by atoms with Gasteiger partial charge in [0.2, 0.25) is 5.01 Å². The number of aromatic nitrogens is 1. The molecule has 1 aromatic heterocycles. The van der Waals surface area contributed by atoms with Crippen LogP contribution in [0.25, 0.3) is 0 Å². The van der Waals surface area contributed by atoms with E-state index in [4.69, 9.17) is 22.1 Å². The minimum absolute atomic E-state index is 0.349. The summed E-state index contributed by atoms with van der Waals surface area (Å²) >= 11 is 8.75. The van der Waals surface area contributed by atoms with Crippen molar-refractivity contribution in [1.82, 2.24) is 4.98 Å². The van der Waals surface area contributed by atoms with E-state index in [-0.39, 0.29) is 5.97 Å². The average molecular weight is 329 g/mol. The Labute approximate surface area is 130 Å². The van der Waals surface area contributed by atoms with Gasteiger partial charge in [0.25, 0.3) is 0 Å². The van der Waals surface area contributed by atoms with Crippen LogP contribution in [0.15, 0.2) is 28.5 Å². The van der Waals surface area contributed by atoms with Crippen molar-refractivity contribution in [2.45, 2.75) is 17.6 Å². The molecule has 0 saturated carbocycles. The maximum atomic E-state index is 11.5. The van der Waals surface area contributed by atoms with Gasteiger partial charge in [0.15, 0.2) is 0 Å². The highest BCUT2D eigenvalue weighted by atomic mass is 35.5. The second-order valence-electron chi connectivity index (χ2n) is 3.84. The molecule has 1 heterocycles. The molecule has 0 aliphatic heterocycles. The average Bonchev–Trinajstić information content (AvgIpc) is 2.89. The van der Waals surface area contributed by atoms with Gasteiger partial charge in [-0.15, -0.1) is 23.1 Å². The maximum Gasteiger partial charge on any atom is 0.367 e. The van der Waals surface area contributed by atoms with Gasteiger partial charge >= 0.3 is 5.97 Å². The van der Waals surface area contributed by atoms with Crippen LogP contribution in [0, 0.1) is 0 Å². The van der Waals surface area contributed by atoms with Crippen molar-refractivity contribution in [3.8, 4) is 0 Å². The lowest BCUT2D eigenvalue weighted by Crippen LogP contribution is -2.03. The van der Waals surface area contributed by atoms with Crippen LogP contribution in [0.3, 0.4) is 0 Å². The van der Waals surface area contributed by atoms with E-state index in [0.717, 1.165) is 10.6 Å². The number of ether oxygens (including phenoxy) is 1. The molecule has 0 unspecified atom stereocenters. The standard InChI is InChI=1S/C13H13ClN2O2S2/c1-2-18-13(17)12-16-9(7-20-12)6-19-11-5-8(14)3-4-10(11)15/h3-5,7H,2,6,15H2,1H3. The fourth-order valence-electron chi connectivity index (χ4n) is 1.44. The van der Waals surface area contributed by atoms with Gasteiger partial charge in [-0.05, 0) is 25.1 Å². The molecule has 7 heteroatoms. The summed E-state index contributed by atoms with van der Waals surface area (Å²) in [6, 6.07) is 5.35. The number of benzene rings is 1. The Balaban J connectivity index is 2.01. The minimum atomic E-state index is -0.379. The molecule has 0 atom stereocenters. The van der Waals surface area contributed by atoms with E-state index in [9.17, 15) is 4.79 Å². The van der Waals surface area contributed by atoms with E-state index in [0.29, 0.717) is 28.1 Å². The molecule has 106 valence electrons. The number of thioether (sulfide) groups is 1. The molecule has 0 spiro atoms. The van der Waals surface area contributed by atoms with Crippen LogP contribution in [0.1, 0.15) is 22.4 Å². The van der Waals surface area contributed by atoms with Gasteiger partial charge in [-0.3, -0.25) is 0 Å². The largest absolute Gasteiger partial charge is 0.461 e. The van der Waals surface area contributed by atoms with Crippen molar-refractivity contribution in [1.29, 1.82) is 0 Å². The first-order valence-corrected chi connectivity index (χ1v) is 8.14. The number of anilines is 1. The summed E-state index contributed by atoms with van der Waals surface area (Å²) in [5.74, 6) is 0.247. The summed E-state index contributed by atoms with van der Waals surface area (Å²) in [5.41, 5.74) is 7.38. The smallest absolute Gasteiger partial charge is 0.367 e. The van der Waals surface area contributed by atoms with Crippen LogP contribution in [0.4, 0.5) is 5.69 Å². The first-order chi connectivity index (χ1) is 9.60. The monoisotopic (exact) mass is 328 g/mol. The van der Waals surface area contributed by atoms with Gasteiger partial charge in [-0.1, -0.05) is 11.6 Å². The zero-order chi connectivity index (χ0) is 14.5. The summed E-state index contributed by atoms with van der Waals surface area (Å²) in [7, 11) is 0. The Hall–Kier alpha value is -1.24. The number of nitrogen functional groups attached to an aromatic ring is 1. The quantitative estimate of drug-likeness (QED) is 0.513. The summed E-state index contributed by atoms with van der Waals surface area (Å²) in [5, 5.41) is 2.87. The van der Waals surface area contributed by atoms with Gasteiger partial charge in [0.1, 0.15) is 0 Å². The Kier molecular flexibility index (Phi) is 5.28. The van der Waals surface area contributed by atoms with Crippen LogP contribution in [0.5, 0.6) is 0 Å². The lowest BCUT2D eigenvalue weighted by atomic mass is 10.3. The highest BCUT2D eigenvalue weighted by molar-refractivity contribution is 7.98. The van der Waals surface area contributed by atoms with Crippen molar-refractivity contribution in [2.24, 2.45) is 0 Å². The van der Waals surface area contributed by atoms with Crippen LogP contribution in [0.2, 0.25) is 5.02 Å². The van der Waals surface area contributed by atoms with Gasteiger partial charge in [-0.25, -0.2) is 9.78 Å². The lowest BCUT2D eigenvalue weighted by molar-refractivity contribution is 0.0525. The molecule has 0 aliphatic carbocycles. The number of rotatable bonds is 5. The van der Waals surface area contributed by atoms with Crippen molar-refractivity contribution in [2.75, 3.05) is 12.3 Å². The van der Waals surface area contributed by atoms with Gasteiger partial charge in [0, 0.05) is 26.7 Å². The SMILES string of the molecule is CCOC(=O)c1nc(CSc2cc(Cl)ccc2N)cs1. The molecule has 0 radical (unpaired) electrons. The molecule has 2 N–H and O–H groups in total. The van der Waals surface area contributed by atoms with Gasteiger partial charge < -0.3 is 10.5 Å².